The Labute approximate surface area is 205 Å². The zero-order valence-electron chi connectivity index (χ0n) is 20.4. The van der Waals surface area contributed by atoms with E-state index < -0.39 is 0 Å². The van der Waals surface area contributed by atoms with Crippen LogP contribution in [0.15, 0.2) is 60.3 Å². The molecule has 182 valence electrons. The minimum absolute atomic E-state index is 0.0292. The molecule has 0 aliphatic carbocycles. The monoisotopic (exact) mass is 474 g/mol. The second-order valence-corrected chi connectivity index (χ2v) is 8.00. The standard InChI is InChI=1S/C24H24N6O3.C2H6/c1-16-13-29(14-26-23(32)18-6-4-3-5-7-18)24(33)22-11-21(28(2)30(16)22)19-9-8-17(12-25)10-20(19)27-15-31;1-2/h3-11,15-16,21H,13-14H2,1-2H3,(H,26,32)(H,27,31);1-2H3. The molecule has 4 rings (SSSR count). The van der Waals surface area contributed by atoms with Crippen LogP contribution >= 0.6 is 0 Å². The quantitative estimate of drug-likeness (QED) is 0.624. The van der Waals surface area contributed by atoms with Gasteiger partial charge in [-0.1, -0.05) is 38.1 Å². The number of nitrogens with one attached hydrogen (secondary N) is 2. The van der Waals surface area contributed by atoms with Crippen molar-refractivity contribution >= 4 is 23.9 Å². The minimum Gasteiger partial charge on any atom is -0.334 e. The van der Waals surface area contributed by atoms with Crippen molar-refractivity contribution in [2.75, 3.05) is 25.6 Å². The lowest BCUT2D eigenvalue weighted by Crippen LogP contribution is -2.57. The predicted octanol–water partition coefficient (Wildman–Crippen LogP) is 2.86. The largest absolute Gasteiger partial charge is 0.334 e. The Morgan fingerprint density at radius 3 is 2.57 bits per heavy atom. The number of amides is 3. The molecule has 2 N–H and O–H groups in total. The van der Waals surface area contributed by atoms with Crippen LogP contribution in [0, 0.1) is 11.3 Å². The van der Waals surface area contributed by atoms with Gasteiger partial charge in [-0.3, -0.25) is 19.4 Å². The number of piperazine rings is 1. The van der Waals surface area contributed by atoms with Crippen LogP contribution in [-0.2, 0) is 9.59 Å². The van der Waals surface area contributed by atoms with E-state index in [4.69, 9.17) is 0 Å². The molecule has 2 aromatic rings. The number of hydrogen-bond acceptors (Lipinski definition) is 6. The van der Waals surface area contributed by atoms with Crippen molar-refractivity contribution in [3.63, 3.8) is 0 Å². The molecule has 0 radical (unpaired) electrons. The van der Waals surface area contributed by atoms with Crippen LogP contribution in [0.3, 0.4) is 0 Å². The van der Waals surface area contributed by atoms with Gasteiger partial charge in [-0.2, -0.15) is 5.26 Å². The van der Waals surface area contributed by atoms with Crippen molar-refractivity contribution in [2.24, 2.45) is 0 Å². The summed E-state index contributed by atoms with van der Waals surface area (Å²) in [6, 6.07) is 15.7. The molecular weight excluding hydrogens is 444 g/mol. The third kappa shape index (κ3) is 5.18. The zero-order valence-corrected chi connectivity index (χ0v) is 20.4. The number of benzene rings is 2. The molecule has 2 aromatic carbocycles. The van der Waals surface area contributed by atoms with Gasteiger partial charge in [-0.05, 0) is 42.8 Å². The van der Waals surface area contributed by atoms with Crippen LogP contribution in [-0.4, -0.2) is 59.4 Å². The van der Waals surface area contributed by atoms with Gasteiger partial charge in [0.15, 0.2) is 0 Å². The van der Waals surface area contributed by atoms with E-state index in [9.17, 15) is 19.6 Å². The fraction of sp³-hybridized carbons (Fsp3) is 0.308. The van der Waals surface area contributed by atoms with E-state index in [1.54, 1.807) is 47.4 Å². The number of hydrogen-bond donors (Lipinski definition) is 2. The highest BCUT2D eigenvalue weighted by Gasteiger charge is 2.43. The molecule has 3 amide bonds. The van der Waals surface area contributed by atoms with Crippen molar-refractivity contribution < 1.29 is 14.4 Å². The summed E-state index contributed by atoms with van der Waals surface area (Å²) in [4.78, 5) is 38.4. The van der Waals surface area contributed by atoms with Gasteiger partial charge in [-0.15, -0.1) is 0 Å². The van der Waals surface area contributed by atoms with Gasteiger partial charge < -0.3 is 15.5 Å². The molecule has 2 aliphatic heterocycles. The molecular formula is C26H30N6O3. The molecule has 2 atom stereocenters. The maximum atomic E-state index is 13.3. The average Bonchev–Trinajstić information content (AvgIpc) is 3.24. The summed E-state index contributed by atoms with van der Waals surface area (Å²) in [5.74, 6) is -0.426. The number of fused-ring (bicyclic) bond motifs is 1. The molecule has 0 saturated carbocycles. The van der Waals surface area contributed by atoms with Gasteiger partial charge in [-0.25, -0.2) is 5.01 Å². The molecule has 1 fully saturated rings. The summed E-state index contributed by atoms with van der Waals surface area (Å²) in [6.07, 6.45) is 2.42. The lowest BCUT2D eigenvalue weighted by atomic mass is 10.0. The summed E-state index contributed by atoms with van der Waals surface area (Å²) >= 11 is 0. The van der Waals surface area contributed by atoms with E-state index in [2.05, 4.69) is 16.7 Å². The smallest absolute Gasteiger partial charge is 0.272 e. The van der Waals surface area contributed by atoms with Gasteiger partial charge >= 0.3 is 0 Å². The van der Waals surface area contributed by atoms with Crippen molar-refractivity contribution in [1.29, 1.82) is 5.26 Å². The van der Waals surface area contributed by atoms with E-state index in [0.29, 0.717) is 35.5 Å². The molecule has 0 spiro atoms. The number of hydrazine groups is 1. The number of likely N-dealkylation sites (N-methyl/N-ethyl adjacent to an activating group) is 1. The highest BCUT2D eigenvalue weighted by molar-refractivity contribution is 5.96. The van der Waals surface area contributed by atoms with E-state index in [-0.39, 0.29) is 30.6 Å². The molecule has 2 aliphatic rings. The maximum Gasteiger partial charge on any atom is 0.272 e. The number of anilines is 1. The van der Waals surface area contributed by atoms with Crippen LogP contribution in [0.4, 0.5) is 5.69 Å². The first-order valence-electron chi connectivity index (χ1n) is 11.5. The number of carbonyl (C=O) groups excluding carboxylic acids is 3. The lowest BCUT2D eigenvalue weighted by molar-refractivity contribution is -0.139. The molecule has 35 heavy (non-hydrogen) atoms. The van der Waals surface area contributed by atoms with Gasteiger partial charge in [0, 0.05) is 24.8 Å². The molecule has 1 saturated heterocycles. The van der Waals surface area contributed by atoms with Crippen molar-refractivity contribution in [3.8, 4) is 6.07 Å². The molecule has 2 unspecified atom stereocenters. The van der Waals surface area contributed by atoms with E-state index in [1.165, 1.54) is 0 Å². The van der Waals surface area contributed by atoms with Crippen LogP contribution in [0.25, 0.3) is 0 Å². The fourth-order valence-electron chi connectivity index (χ4n) is 4.36. The van der Waals surface area contributed by atoms with Gasteiger partial charge in [0.05, 0.1) is 30.4 Å². The zero-order chi connectivity index (χ0) is 25.5. The summed E-state index contributed by atoms with van der Waals surface area (Å²) in [5.41, 5.74) is 2.77. The first-order chi connectivity index (χ1) is 16.9. The third-order valence-corrected chi connectivity index (χ3v) is 5.90. The second kappa shape index (κ2) is 11.3. The number of carbonyl (C=O) groups is 3. The number of nitriles is 1. The van der Waals surface area contributed by atoms with Crippen molar-refractivity contribution in [2.45, 2.75) is 32.9 Å². The summed E-state index contributed by atoms with van der Waals surface area (Å²) in [7, 11) is 1.88. The Kier molecular flexibility index (Phi) is 8.23. The number of rotatable bonds is 6. The highest BCUT2D eigenvalue weighted by Crippen LogP contribution is 2.39. The summed E-state index contributed by atoms with van der Waals surface area (Å²) < 4.78 is 0. The van der Waals surface area contributed by atoms with Crippen LogP contribution in [0.1, 0.15) is 48.3 Å². The average molecular weight is 475 g/mol. The second-order valence-electron chi connectivity index (χ2n) is 8.00. The van der Waals surface area contributed by atoms with E-state index >= 15 is 0 Å². The third-order valence-electron chi connectivity index (χ3n) is 5.90. The Morgan fingerprint density at radius 2 is 1.91 bits per heavy atom. The Morgan fingerprint density at radius 1 is 1.20 bits per heavy atom. The van der Waals surface area contributed by atoms with Gasteiger partial charge in [0.2, 0.25) is 6.41 Å². The van der Waals surface area contributed by atoms with Crippen molar-refractivity contribution in [3.05, 3.63) is 77.0 Å². The van der Waals surface area contributed by atoms with Crippen LogP contribution in [0.5, 0.6) is 0 Å². The molecule has 9 heteroatoms. The molecule has 9 nitrogen and oxygen atoms in total. The first-order valence-corrected chi connectivity index (χ1v) is 11.5. The number of nitrogens with zero attached hydrogens (tertiary/aromatic N) is 4. The Hall–Kier alpha value is -4.16. The SMILES string of the molecule is CC.CC1CN(CNC(=O)c2ccccc2)C(=O)C2=CC(c3ccc(C#N)cc3NC=O)N(C)N21. The predicted molar refractivity (Wildman–Crippen MR) is 133 cm³/mol. The Balaban J connectivity index is 0.00000167. The molecule has 0 bridgehead atoms. The topological polar surface area (TPSA) is 109 Å². The van der Waals surface area contributed by atoms with Crippen LogP contribution in [0.2, 0.25) is 0 Å². The molecule has 2 heterocycles. The normalized spacial score (nSPS) is 19.1. The van der Waals surface area contributed by atoms with Gasteiger partial charge in [0.25, 0.3) is 11.8 Å². The Bertz CT molecular complexity index is 1160. The van der Waals surface area contributed by atoms with Gasteiger partial charge in [0.1, 0.15) is 5.70 Å². The summed E-state index contributed by atoms with van der Waals surface area (Å²) in [6.45, 7) is 6.55. The minimum atomic E-state index is -0.305. The van der Waals surface area contributed by atoms with E-state index in [1.807, 2.05) is 50.0 Å². The first kappa shape index (κ1) is 25.5. The van der Waals surface area contributed by atoms with Crippen molar-refractivity contribution in [1.82, 2.24) is 20.2 Å². The van der Waals surface area contributed by atoms with Crippen LogP contribution < -0.4 is 10.6 Å². The maximum absolute atomic E-state index is 13.3. The highest BCUT2D eigenvalue weighted by atomic mass is 16.2. The fourth-order valence-corrected chi connectivity index (χ4v) is 4.36. The molecule has 0 aromatic heterocycles. The van der Waals surface area contributed by atoms with E-state index in [0.717, 1.165) is 5.56 Å². The lowest BCUT2D eigenvalue weighted by Gasteiger charge is -2.43. The summed E-state index contributed by atoms with van der Waals surface area (Å²) in [5, 5.41) is 18.6.